The summed E-state index contributed by atoms with van der Waals surface area (Å²) in [5.74, 6) is 1.04. The van der Waals surface area contributed by atoms with Gasteiger partial charge in [-0.05, 0) is 73.2 Å². The van der Waals surface area contributed by atoms with Gasteiger partial charge < -0.3 is 39.0 Å². The Morgan fingerprint density at radius 1 is 0.968 bits per heavy atom. The molecule has 4 aromatic rings. The first-order valence-corrected chi connectivity index (χ1v) is 21.9. The third kappa shape index (κ3) is 9.23. The van der Waals surface area contributed by atoms with Gasteiger partial charge in [0, 0.05) is 74.9 Å². The van der Waals surface area contributed by atoms with E-state index >= 15 is 0 Å². The molecule has 9 rings (SSSR count). The van der Waals surface area contributed by atoms with Crippen LogP contribution in [0.15, 0.2) is 48.8 Å². The minimum atomic E-state index is -0.659. The molecule has 5 aliphatic heterocycles. The van der Waals surface area contributed by atoms with E-state index in [4.69, 9.17) is 30.5 Å². The molecule has 4 amide bonds. The first kappa shape index (κ1) is 42.7. The number of anilines is 2. The summed E-state index contributed by atoms with van der Waals surface area (Å²) in [5, 5.41) is 6.28. The maximum absolute atomic E-state index is 13.7. The Hall–Kier alpha value is -5.62. The second-order valence-corrected chi connectivity index (χ2v) is 17.2. The number of fused-ring (bicyclic) bond motifs is 3. The second-order valence-electron chi connectivity index (χ2n) is 16.8. The summed E-state index contributed by atoms with van der Waals surface area (Å²) < 4.78 is 37.9. The molecule has 18 heteroatoms. The Morgan fingerprint density at radius 3 is 2.56 bits per heavy atom. The lowest BCUT2D eigenvalue weighted by molar-refractivity contribution is -0.154. The van der Waals surface area contributed by atoms with Crippen molar-refractivity contribution in [2.75, 3.05) is 84.6 Å². The van der Waals surface area contributed by atoms with Crippen molar-refractivity contribution in [3.05, 3.63) is 76.3 Å². The van der Waals surface area contributed by atoms with E-state index in [2.05, 4.69) is 30.4 Å². The smallest absolute Gasteiger partial charge is 0.255 e. The predicted octanol–water partition coefficient (Wildman–Crippen LogP) is 4.33. The molecule has 3 aromatic carbocycles. The number of aryl methyl sites for hydroxylation is 1. The average Bonchev–Trinajstić information content (AvgIpc) is 3.58. The summed E-state index contributed by atoms with van der Waals surface area (Å²) in [6, 6.07) is 11.2. The highest BCUT2D eigenvalue weighted by molar-refractivity contribution is 6.31. The van der Waals surface area contributed by atoms with E-state index in [1.54, 1.807) is 18.1 Å². The van der Waals surface area contributed by atoms with Crippen LogP contribution < -0.4 is 24.8 Å². The maximum Gasteiger partial charge on any atom is 0.255 e. The van der Waals surface area contributed by atoms with Crippen molar-refractivity contribution in [1.29, 1.82) is 0 Å². The van der Waals surface area contributed by atoms with Crippen molar-refractivity contribution in [3.8, 4) is 17.2 Å². The molecule has 3 fully saturated rings. The van der Waals surface area contributed by atoms with Crippen molar-refractivity contribution >= 4 is 57.6 Å². The number of methoxy groups -OCH3 is 1. The monoisotopic (exact) mass is 884 g/mol. The number of carbonyl (C=O) groups is 4. The molecule has 1 atom stereocenters. The van der Waals surface area contributed by atoms with Crippen LogP contribution in [0.3, 0.4) is 0 Å². The third-order valence-corrected chi connectivity index (χ3v) is 12.9. The van der Waals surface area contributed by atoms with Gasteiger partial charge in [-0.25, -0.2) is 14.4 Å². The number of hydrogen-bond acceptors (Lipinski definition) is 13. The molecule has 16 nitrogen and oxygen atoms in total. The fourth-order valence-corrected chi connectivity index (χ4v) is 9.27. The summed E-state index contributed by atoms with van der Waals surface area (Å²) in [4.78, 5) is 67.4. The highest BCUT2D eigenvalue weighted by Gasteiger charge is 2.49. The van der Waals surface area contributed by atoms with Gasteiger partial charge in [-0.1, -0.05) is 11.6 Å². The third-order valence-electron chi connectivity index (χ3n) is 12.6. The number of likely N-dealkylation sites (tertiary alicyclic amines) is 1. The fourth-order valence-electron chi connectivity index (χ4n) is 9.09. The molecule has 0 saturated carbocycles. The zero-order chi connectivity index (χ0) is 43.7. The molecule has 0 bridgehead atoms. The summed E-state index contributed by atoms with van der Waals surface area (Å²) in [6.07, 6.45) is 4.61. The van der Waals surface area contributed by atoms with Crippen LogP contribution in [0.4, 0.5) is 15.9 Å². The van der Waals surface area contributed by atoms with Crippen LogP contribution >= 0.6 is 11.6 Å². The molecule has 5 aliphatic rings. The van der Waals surface area contributed by atoms with E-state index in [1.165, 1.54) is 18.5 Å². The van der Waals surface area contributed by atoms with Crippen LogP contribution in [0, 0.1) is 5.82 Å². The van der Waals surface area contributed by atoms with E-state index < -0.39 is 23.4 Å². The molecule has 0 aliphatic carbocycles. The van der Waals surface area contributed by atoms with Crippen LogP contribution in [0.25, 0.3) is 10.9 Å². The van der Waals surface area contributed by atoms with Gasteiger partial charge in [-0.15, -0.1) is 0 Å². The van der Waals surface area contributed by atoms with E-state index in [0.29, 0.717) is 86.4 Å². The number of aromatic nitrogens is 2. The normalized spacial score (nSPS) is 19.7. The molecule has 1 unspecified atom stereocenters. The number of benzene rings is 3. The first-order chi connectivity index (χ1) is 30.5. The molecule has 3 saturated heterocycles. The van der Waals surface area contributed by atoms with Crippen molar-refractivity contribution in [1.82, 2.24) is 34.9 Å². The Labute approximate surface area is 368 Å². The number of nitrogens with one attached hydrogen (secondary N) is 2. The molecular formula is C45H50ClFN8O8. The van der Waals surface area contributed by atoms with E-state index in [9.17, 15) is 23.6 Å². The number of nitrogens with zero attached hydrogens (tertiary/aromatic N) is 6. The molecule has 2 N–H and O–H groups in total. The Morgan fingerprint density at radius 2 is 1.78 bits per heavy atom. The largest absolute Gasteiger partial charge is 0.493 e. The average molecular weight is 885 g/mol. The lowest BCUT2D eigenvalue weighted by Gasteiger charge is -2.51. The number of carbonyl (C=O) groups excluding carboxylic acids is 4. The lowest BCUT2D eigenvalue weighted by Crippen LogP contribution is -2.67. The van der Waals surface area contributed by atoms with Crippen LogP contribution in [0.5, 0.6) is 17.2 Å². The number of halogens is 2. The minimum absolute atomic E-state index is 0.0124. The van der Waals surface area contributed by atoms with Gasteiger partial charge in [-0.2, -0.15) is 0 Å². The van der Waals surface area contributed by atoms with Crippen molar-refractivity contribution in [2.45, 2.75) is 56.7 Å². The molecular weight excluding hydrogens is 835 g/mol. The Bertz CT molecular complexity index is 2430. The molecule has 6 heterocycles. The van der Waals surface area contributed by atoms with Crippen molar-refractivity contribution in [2.24, 2.45) is 0 Å². The zero-order valence-corrected chi connectivity index (χ0v) is 35.9. The van der Waals surface area contributed by atoms with Gasteiger partial charge in [-0.3, -0.25) is 29.4 Å². The Balaban J connectivity index is 0.654. The maximum atomic E-state index is 13.7. The van der Waals surface area contributed by atoms with Crippen LogP contribution in [-0.4, -0.2) is 144 Å². The van der Waals surface area contributed by atoms with Gasteiger partial charge >= 0.3 is 0 Å². The van der Waals surface area contributed by atoms with Gasteiger partial charge in [0.25, 0.3) is 5.91 Å². The highest BCUT2D eigenvalue weighted by Crippen LogP contribution is 2.42. The van der Waals surface area contributed by atoms with Crippen molar-refractivity contribution in [3.63, 3.8) is 0 Å². The number of amides is 4. The number of imide groups is 1. The minimum Gasteiger partial charge on any atom is -0.493 e. The molecule has 0 radical (unpaired) electrons. The molecule has 63 heavy (non-hydrogen) atoms. The van der Waals surface area contributed by atoms with Crippen LogP contribution in [0.2, 0.25) is 5.02 Å². The summed E-state index contributed by atoms with van der Waals surface area (Å²) in [7, 11) is 1.59. The number of ether oxygens (including phenoxy) is 4. The second kappa shape index (κ2) is 18.2. The lowest BCUT2D eigenvalue weighted by atomic mass is 9.83. The Kier molecular flexibility index (Phi) is 12.4. The van der Waals surface area contributed by atoms with Gasteiger partial charge in [0.1, 0.15) is 35.4 Å². The van der Waals surface area contributed by atoms with E-state index in [-0.39, 0.29) is 29.2 Å². The van der Waals surface area contributed by atoms with E-state index in [1.807, 2.05) is 29.2 Å². The highest BCUT2D eigenvalue weighted by atomic mass is 35.5. The van der Waals surface area contributed by atoms with Gasteiger partial charge in [0.2, 0.25) is 17.7 Å². The SMILES string of the molecule is COc1cc2ncnc(Nc3ccc(F)c(Cl)c3)c2cc1OCCCN1CCN(CCOCCC(=O)N2CC3(CCc4cc5c(cc4O3)CN(C3CCC(=O)NC3=O)C5=O)C2)CC1. The topological polar surface area (TPSA) is 168 Å². The summed E-state index contributed by atoms with van der Waals surface area (Å²) in [6.45, 7) is 8.23. The van der Waals surface area contributed by atoms with Gasteiger partial charge in [0.05, 0.1) is 57.0 Å². The molecule has 1 aromatic heterocycles. The number of rotatable bonds is 15. The fraction of sp³-hybridized carbons (Fsp3) is 0.467. The summed E-state index contributed by atoms with van der Waals surface area (Å²) >= 11 is 5.98. The summed E-state index contributed by atoms with van der Waals surface area (Å²) in [5.41, 5.74) is 3.18. The number of hydrogen-bond donors (Lipinski definition) is 2. The quantitative estimate of drug-likeness (QED) is 0.128. The number of piperazine rings is 1. The van der Waals surface area contributed by atoms with Crippen molar-refractivity contribution < 1.29 is 42.5 Å². The zero-order valence-electron chi connectivity index (χ0n) is 35.1. The first-order valence-electron chi connectivity index (χ1n) is 21.5. The van der Waals surface area contributed by atoms with E-state index in [0.717, 1.165) is 80.8 Å². The predicted molar refractivity (Wildman–Crippen MR) is 230 cm³/mol. The van der Waals surface area contributed by atoms with Crippen LogP contribution in [0.1, 0.15) is 53.6 Å². The molecule has 1 spiro atoms. The van der Waals surface area contributed by atoms with Gasteiger partial charge in [0.15, 0.2) is 11.5 Å². The standard InChI is InChI=1S/C45H50ClFN8O8/c1-60-38-23-35-32(42(49-27-48-35)50-30-3-4-34(47)33(46)21-30)22-39(38)62-16-2-10-52-11-13-53(14-12-52)15-18-61-17-8-41(57)54-25-45(26-54)9-7-28-19-31-29(20-37(28)63-45)24-55(44(31)59)36-5-6-40(56)51-43(36)58/h3-4,19-23,27,36H,2,5-18,24-26H2,1H3,(H,48,49,50)(H,51,56,58). The van der Waals surface area contributed by atoms with Crippen LogP contribution in [-0.2, 0) is 32.1 Å². The number of piperidine rings is 1. The molecule has 332 valence electrons.